The van der Waals surface area contributed by atoms with Crippen LogP contribution >= 0.6 is 0 Å². The summed E-state index contributed by atoms with van der Waals surface area (Å²) in [7, 11) is 2.21. The van der Waals surface area contributed by atoms with Gasteiger partial charge in [-0.05, 0) is 55.1 Å². The molecule has 0 aliphatic carbocycles. The molecule has 32 heavy (non-hydrogen) atoms. The molecule has 5 rings (SSSR count). The molecule has 0 bridgehead atoms. The zero-order chi connectivity index (χ0) is 21.9. The van der Waals surface area contributed by atoms with E-state index in [0.717, 1.165) is 31.6 Å². The number of imidazole rings is 1. The molecule has 0 saturated carbocycles. The van der Waals surface area contributed by atoms with Crippen molar-refractivity contribution in [3.63, 3.8) is 0 Å². The molecule has 1 N–H and O–H groups in total. The lowest BCUT2D eigenvalue weighted by atomic mass is 9.99. The van der Waals surface area contributed by atoms with Gasteiger partial charge in [0.1, 0.15) is 0 Å². The third-order valence-electron chi connectivity index (χ3n) is 6.62. The Hall–Kier alpha value is -3.56. The molecular formula is C26H28N6. The van der Waals surface area contributed by atoms with E-state index in [1.54, 1.807) is 6.20 Å². The molecule has 1 saturated heterocycles. The molecule has 0 unspecified atom stereocenters. The molecule has 2 aromatic heterocycles. The highest BCUT2D eigenvalue weighted by molar-refractivity contribution is 5.85. The number of aromatic amines is 1. The minimum atomic E-state index is 0.480. The van der Waals surface area contributed by atoms with Gasteiger partial charge in [-0.3, -0.25) is 0 Å². The van der Waals surface area contributed by atoms with Crippen molar-refractivity contribution >= 4 is 10.9 Å². The molecule has 162 valence electrons. The van der Waals surface area contributed by atoms with E-state index in [1.807, 2.05) is 40.2 Å². The third kappa shape index (κ3) is 4.25. The van der Waals surface area contributed by atoms with Gasteiger partial charge in [0.05, 0.1) is 12.9 Å². The van der Waals surface area contributed by atoms with Crippen molar-refractivity contribution in [1.29, 1.82) is 5.26 Å². The Morgan fingerprint density at radius 3 is 2.88 bits per heavy atom. The lowest BCUT2D eigenvalue weighted by Gasteiger charge is -2.19. The highest BCUT2D eigenvalue weighted by Gasteiger charge is 2.31. The molecule has 3 heterocycles. The van der Waals surface area contributed by atoms with Crippen LogP contribution in [0.1, 0.15) is 17.5 Å². The number of fused-ring (bicyclic) bond motifs is 1. The van der Waals surface area contributed by atoms with Crippen molar-refractivity contribution in [2.24, 2.45) is 5.92 Å². The van der Waals surface area contributed by atoms with E-state index in [9.17, 15) is 5.26 Å². The van der Waals surface area contributed by atoms with E-state index < -0.39 is 0 Å². The largest absolute Gasteiger partial charge is 0.361 e. The van der Waals surface area contributed by atoms with E-state index in [0.29, 0.717) is 18.5 Å². The number of likely N-dealkylation sites (tertiary alicyclic amines) is 1. The minimum Gasteiger partial charge on any atom is -0.361 e. The molecule has 1 fully saturated rings. The van der Waals surface area contributed by atoms with Gasteiger partial charge in [0.15, 0.2) is 6.19 Å². The lowest BCUT2D eigenvalue weighted by Crippen LogP contribution is -2.28. The van der Waals surface area contributed by atoms with Gasteiger partial charge in [0.25, 0.3) is 0 Å². The normalized spacial score (nSPS) is 18.8. The first-order chi connectivity index (χ1) is 15.7. The monoisotopic (exact) mass is 424 g/mol. The zero-order valence-electron chi connectivity index (χ0n) is 18.4. The second kappa shape index (κ2) is 8.89. The SMILES string of the molecule is CN1C[C@@H](CN(C#N)Cc2ccccc2)C[C@@H]1Cc1c[nH]c2ccc(-n3ccnc3)cc12. The molecule has 0 amide bonds. The van der Waals surface area contributed by atoms with Crippen molar-refractivity contribution in [3.8, 4) is 11.9 Å². The predicted octanol–water partition coefficient (Wildman–Crippen LogP) is 4.20. The van der Waals surface area contributed by atoms with E-state index in [2.05, 4.69) is 64.6 Å². The topological polar surface area (TPSA) is 63.9 Å². The van der Waals surface area contributed by atoms with Crippen molar-refractivity contribution in [1.82, 2.24) is 24.3 Å². The molecule has 2 aromatic carbocycles. The number of benzene rings is 2. The first-order valence-electron chi connectivity index (χ1n) is 11.2. The molecule has 6 heteroatoms. The summed E-state index contributed by atoms with van der Waals surface area (Å²) in [5.74, 6) is 0.500. The number of H-pyrrole nitrogens is 1. The first-order valence-corrected chi connectivity index (χ1v) is 11.2. The molecular weight excluding hydrogens is 396 g/mol. The van der Waals surface area contributed by atoms with Gasteiger partial charge >= 0.3 is 0 Å². The Labute approximate surface area is 188 Å². The summed E-state index contributed by atoms with van der Waals surface area (Å²) in [6.45, 7) is 2.52. The molecule has 2 atom stereocenters. The van der Waals surface area contributed by atoms with Crippen LogP contribution in [-0.2, 0) is 13.0 Å². The van der Waals surface area contributed by atoms with Crippen LogP contribution in [0.5, 0.6) is 0 Å². The maximum Gasteiger partial charge on any atom is 0.179 e. The number of nitriles is 1. The van der Waals surface area contributed by atoms with Gasteiger partial charge in [-0.2, -0.15) is 5.26 Å². The van der Waals surface area contributed by atoms with Crippen molar-refractivity contribution in [2.45, 2.75) is 25.4 Å². The lowest BCUT2D eigenvalue weighted by molar-refractivity contribution is 0.291. The average Bonchev–Trinajstić information content (AvgIpc) is 3.55. The van der Waals surface area contributed by atoms with Gasteiger partial charge in [-0.1, -0.05) is 30.3 Å². The number of nitrogens with one attached hydrogen (secondary N) is 1. The van der Waals surface area contributed by atoms with Gasteiger partial charge in [-0.25, -0.2) is 4.98 Å². The molecule has 1 aliphatic heterocycles. The smallest absolute Gasteiger partial charge is 0.179 e. The first kappa shape index (κ1) is 20.3. The number of likely N-dealkylation sites (N-methyl/N-ethyl adjacent to an activating group) is 1. The van der Waals surface area contributed by atoms with Gasteiger partial charge < -0.3 is 19.4 Å². The fourth-order valence-corrected chi connectivity index (χ4v) is 4.98. The van der Waals surface area contributed by atoms with Crippen molar-refractivity contribution < 1.29 is 0 Å². The summed E-state index contributed by atoms with van der Waals surface area (Å²) in [5.41, 5.74) is 4.82. The van der Waals surface area contributed by atoms with Crippen LogP contribution < -0.4 is 0 Å². The highest BCUT2D eigenvalue weighted by atomic mass is 15.2. The number of hydrogen-bond acceptors (Lipinski definition) is 4. The Morgan fingerprint density at radius 2 is 2.09 bits per heavy atom. The van der Waals surface area contributed by atoms with Crippen LogP contribution in [0.3, 0.4) is 0 Å². The summed E-state index contributed by atoms with van der Waals surface area (Å²) >= 11 is 0. The van der Waals surface area contributed by atoms with Crippen molar-refractivity contribution in [2.75, 3.05) is 20.1 Å². The number of rotatable bonds is 7. The van der Waals surface area contributed by atoms with Gasteiger partial charge in [0, 0.05) is 54.3 Å². The average molecular weight is 425 g/mol. The van der Waals surface area contributed by atoms with Crippen LogP contribution in [0.25, 0.3) is 16.6 Å². The Bertz CT molecular complexity index is 1200. The minimum absolute atomic E-state index is 0.480. The maximum absolute atomic E-state index is 9.66. The Balaban J connectivity index is 1.27. The quantitative estimate of drug-likeness (QED) is 0.357. The molecule has 6 nitrogen and oxygen atoms in total. The Morgan fingerprint density at radius 1 is 1.22 bits per heavy atom. The van der Waals surface area contributed by atoms with Crippen LogP contribution in [0.4, 0.5) is 0 Å². The maximum atomic E-state index is 9.66. The molecule has 0 spiro atoms. The second-order valence-corrected chi connectivity index (χ2v) is 8.88. The van der Waals surface area contributed by atoms with E-state index in [-0.39, 0.29) is 0 Å². The molecule has 0 radical (unpaired) electrons. The molecule has 1 aliphatic rings. The fraction of sp³-hybridized carbons (Fsp3) is 0.308. The second-order valence-electron chi connectivity index (χ2n) is 8.88. The number of hydrogen-bond donors (Lipinski definition) is 1. The zero-order valence-corrected chi connectivity index (χ0v) is 18.4. The van der Waals surface area contributed by atoms with Crippen LogP contribution in [0, 0.1) is 17.4 Å². The summed E-state index contributed by atoms with van der Waals surface area (Å²) in [6.07, 6.45) is 12.3. The standard InChI is InChI=1S/C26H28N6/c1-30-15-21(17-31(18-27)16-20-5-3-2-4-6-20)11-24(30)12-22-14-29-26-8-7-23(13-25(22)26)32-10-9-28-19-32/h2-10,13-14,19,21,24,29H,11-12,15-17H2,1H3/t21-,24+/m0/s1. The highest BCUT2D eigenvalue weighted by Crippen LogP contribution is 2.29. The third-order valence-corrected chi connectivity index (χ3v) is 6.62. The molecule has 4 aromatic rings. The van der Waals surface area contributed by atoms with Crippen molar-refractivity contribution in [3.05, 3.63) is 84.6 Å². The summed E-state index contributed by atoms with van der Waals surface area (Å²) in [6, 6.07) is 17.2. The van der Waals surface area contributed by atoms with Crippen LogP contribution in [-0.4, -0.2) is 50.5 Å². The van der Waals surface area contributed by atoms with E-state index in [4.69, 9.17) is 0 Å². The van der Waals surface area contributed by atoms with Gasteiger partial charge in [0.2, 0.25) is 0 Å². The Kier molecular flexibility index (Phi) is 5.66. The summed E-state index contributed by atoms with van der Waals surface area (Å²) in [4.78, 5) is 12.0. The summed E-state index contributed by atoms with van der Waals surface area (Å²) in [5, 5.41) is 10.9. The van der Waals surface area contributed by atoms with E-state index in [1.165, 1.54) is 22.0 Å². The van der Waals surface area contributed by atoms with Crippen LogP contribution in [0.2, 0.25) is 0 Å². The fourth-order valence-electron chi connectivity index (χ4n) is 4.98. The predicted molar refractivity (Wildman–Crippen MR) is 126 cm³/mol. The van der Waals surface area contributed by atoms with E-state index >= 15 is 0 Å². The van der Waals surface area contributed by atoms with Crippen LogP contribution in [0.15, 0.2) is 73.4 Å². The number of nitrogens with zero attached hydrogens (tertiary/aromatic N) is 5. The number of aromatic nitrogens is 3. The summed E-state index contributed by atoms with van der Waals surface area (Å²) < 4.78 is 2.04. The van der Waals surface area contributed by atoms with Gasteiger partial charge in [-0.15, -0.1) is 0 Å².